The molecule has 0 bridgehead atoms. The quantitative estimate of drug-likeness (QED) is 0.328. The van der Waals surface area contributed by atoms with Gasteiger partial charge in [-0.3, -0.25) is 19.7 Å². The van der Waals surface area contributed by atoms with Crippen LogP contribution in [0, 0.1) is 22.0 Å². The van der Waals surface area contributed by atoms with Crippen molar-refractivity contribution in [3.05, 3.63) is 62.5 Å². The lowest BCUT2D eigenvalue weighted by Gasteiger charge is -2.38. The first-order valence-corrected chi connectivity index (χ1v) is 9.95. The van der Waals surface area contributed by atoms with Crippen molar-refractivity contribution in [3.63, 3.8) is 0 Å². The van der Waals surface area contributed by atoms with Crippen molar-refractivity contribution in [3.8, 4) is 0 Å². The maximum Gasteiger partial charge on any atom is 0.336 e. The van der Waals surface area contributed by atoms with Crippen LogP contribution in [-0.4, -0.2) is 36.4 Å². The van der Waals surface area contributed by atoms with E-state index in [1.54, 1.807) is 20.8 Å². The molecule has 0 spiro atoms. The van der Waals surface area contributed by atoms with Gasteiger partial charge in [0, 0.05) is 35.0 Å². The van der Waals surface area contributed by atoms with E-state index in [4.69, 9.17) is 9.47 Å². The number of hydrogen-bond donors (Lipinski definition) is 1. The first-order chi connectivity index (χ1) is 14.7. The second kappa shape index (κ2) is 8.71. The molecule has 9 nitrogen and oxygen atoms in total. The predicted molar refractivity (Wildman–Crippen MR) is 110 cm³/mol. The molecule has 1 aromatic carbocycles. The Morgan fingerprint density at radius 2 is 1.90 bits per heavy atom. The summed E-state index contributed by atoms with van der Waals surface area (Å²) in [5.74, 6) is -3.75. The first kappa shape index (κ1) is 22.2. The summed E-state index contributed by atoms with van der Waals surface area (Å²) in [6, 6.07) is 5.68. The van der Waals surface area contributed by atoms with E-state index in [1.165, 1.54) is 31.4 Å². The fourth-order valence-electron chi connectivity index (χ4n) is 4.28. The molecule has 2 aliphatic rings. The minimum absolute atomic E-state index is 0.110. The van der Waals surface area contributed by atoms with Gasteiger partial charge in [0.05, 0.1) is 24.2 Å². The van der Waals surface area contributed by atoms with E-state index in [0.717, 1.165) is 0 Å². The van der Waals surface area contributed by atoms with Crippen molar-refractivity contribution in [2.75, 3.05) is 13.7 Å². The summed E-state index contributed by atoms with van der Waals surface area (Å²) in [6.45, 7) is 5.34. The van der Waals surface area contributed by atoms with Gasteiger partial charge in [-0.2, -0.15) is 0 Å². The predicted octanol–water partition coefficient (Wildman–Crippen LogP) is 2.77. The summed E-state index contributed by atoms with van der Waals surface area (Å²) in [5, 5.41) is 14.2. The molecule has 1 N–H and O–H groups in total. The summed E-state index contributed by atoms with van der Waals surface area (Å²) >= 11 is 0. The molecule has 0 saturated heterocycles. The number of Topliss-reactive ketones (excluding diaryl/α,β-unsaturated/α-hetero) is 1. The molecule has 0 fully saturated rings. The van der Waals surface area contributed by atoms with Gasteiger partial charge in [0.15, 0.2) is 5.78 Å². The van der Waals surface area contributed by atoms with Crippen LogP contribution < -0.4 is 5.32 Å². The highest BCUT2D eigenvalue weighted by Gasteiger charge is 2.47. The molecule has 1 aliphatic heterocycles. The van der Waals surface area contributed by atoms with Gasteiger partial charge in [0.25, 0.3) is 5.69 Å². The molecular weight excluding hydrogens is 404 g/mol. The molecule has 0 unspecified atom stereocenters. The van der Waals surface area contributed by atoms with Gasteiger partial charge in [-0.15, -0.1) is 0 Å². The van der Waals surface area contributed by atoms with Crippen LogP contribution in [0.15, 0.2) is 46.8 Å². The number of ether oxygens (including phenoxy) is 2. The lowest BCUT2D eigenvalue weighted by molar-refractivity contribution is -0.384. The van der Waals surface area contributed by atoms with Crippen LogP contribution in [0.4, 0.5) is 5.69 Å². The molecule has 1 heterocycles. The molecule has 164 valence electrons. The Morgan fingerprint density at radius 1 is 1.26 bits per heavy atom. The van der Waals surface area contributed by atoms with Crippen LogP contribution in [0.25, 0.3) is 0 Å². The Balaban J connectivity index is 2.18. The Morgan fingerprint density at radius 3 is 2.45 bits per heavy atom. The summed E-state index contributed by atoms with van der Waals surface area (Å²) in [5.41, 5.74) is 2.11. The number of non-ortho nitro benzene ring substituents is 1. The highest BCUT2D eigenvalue weighted by atomic mass is 16.6. The van der Waals surface area contributed by atoms with Gasteiger partial charge < -0.3 is 14.8 Å². The Kier molecular flexibility index (Phi) is 6.24. The monoisotopic (exact) mass is 428 g/mol. The van der Waals surface area contributed by atoms with E-state index in [9.17, 15) is 24.5 Å². The minimum Gasteiger partial charge on any atom is -0.468 e. The van der Waals surface area contributed by atoms with Gasteiger partial charge in [-0.25, -0.2) is 4.79 Å². The highest BCUT2D eigenvalue weighted by Crippen LogP contribution is 2.45. The number of dihydropyridines is 1. The normalized spacial score (nSPS) is 23.1. The number of nitro benzene ring substituents is 1. The number of carbonyl (C=O) groups is 3. The topological polar surface area (TPSA) is 125 Å². The van der Waals surface area contributed by atoms with Crippen molar-refractivity contribution in [2.45, 2.75) is 33.1 Å². The molecule has 1 aromatic rings. The van der Waals surface area contributed by atoms with E-state index in [0.29, 0.717) is 23.4 Å². The Hall–Kier alpha value is -3.49. The smallest absolute Gasteiger partial charge is 0.336 e. The summed E-state index contributed by atoms with van der Waals surface area (Å²) in [7, 11) is 1.23. The average molecular weight is 428 g/mol. The molecule has 9 heteroatoms. The fourth-order valence-corrected chi connectivity index (χ4v) is 4.28. The van der Waals surface area contributed by atoms with E-state index in [-0.39, 0.29) is 29.4 Å². The Bertz CT molecular complexity index is 1010. The number of methoxy groups -OCH3 is 1. The zero-order valence-electron chi connectivity index (χ0n) is 17.8. The summed E-state index contributed by atoms with van der Waals surface area (Å²) in [6.07, 6.45) is 0.414. The van der Waals surface area contributed by atoms with E-state index >= 15 is 0 Å². The Labute approximate surface area is 179 Å². The zero-order valence-corrected chi connectivity index (χ0v) is 17.8. The zero-order chi connectivity index (χ0) is 22.9. The summed E-state index contributed by atoms with van der Waals surface area (Å²) in [4.78, 5) is 49.2. The van der Waals surface area contributed by atoms with Gasteiger partial charge in [-0.1, -0.05) is 19.1 Å². The molecule has 0 radical (unpaired) electrons. The summed E-state index contributed by atoms with van der Waals surface area (Å²) < 4.78 is 10.1. The number of esters is 2. The van der Waals surface area contributed by atoms with Crippen LogP contribution in [0.3, 0.4) is 0 Å². The first-order valence-electron chi connectivity index (χ1n) is 9.95. The number of allylic oxidation sites excluding steroid dienone is 3. The largest absolute Gasteiger partial charge is 0.468 e. The van der Waals surface area contributed by atoms with Crippen molar-refractivity contribution < 1.29 is 28.8 Å². The maximum absolute atomic E-state index is 13.5. The van der Waals surface area contributed by atoms with Gasteiger partial charge >= 0.3 is 11.9 Å². The van der Waals surface area contributed by atoms with Gasteiger partial charge in [-0.05, 0) is 31.7 Å². The number of ketones is 1. The number of benzene rings is 1. The molecule has 3 rings (SSSR count). The minimum atomic E-state index is -0.993. The fraction of sp³-hybridized carbons (Fsp3) is 0.409. The SMILES string of the molecule is CCOC(=O)C1=C(C)NC2=C(C(=O)[C@H](C(=O)OC)[C@H](C)C2)[C@H]1c1ccc([N+](=O)[O-])cc1. The third kappa shape index (κ3) is 3.95. The van der Waals surface area contributed by atoms with E-state index < -0.39 is 34.5 Å². The molecule has 1 aliphatic carbocycles. The third-order valence-corrected chi connectivity index (χ3v) is 5.68. The van der Waals surface area contributed by atoms with Crippen LogP contribution in [0.5, 0.6) is 0 Å². The lowest BCUT2D eigenvalue weighted by atomic mass is 9.69. The van der Waals surface area contributed by atoms with Crippen LogP contribution in [0.1, 0.15) is 38.7 Å². The standard InChI is InChI=1S/C22H24N2O7/c1-5-31-22(27)17-12(3)23-15-10-11(2)16(21(26)30-4)20(25)19(15)18(17)13-6-8-14(9-7-13)24(28)29/h6-9,11,16,18,23H,5,10H2,1-4H3/t11-,16-,18+/m1/s1. The van der Waals surface area contributed by atoms with Gasteiger partial charge in [0.1, 0.15) is 5.92 Å². The van der Waals surface area contributed by atoms with Crippen LogP contribution >= 0.6 is 0 Å². The second-order valence-corrected chi connectivity index (χ2v) is 7.60. The second-order valence-electron chi connectivity index (χ2n) is 7.60. The van der Waals surface area contributed by atoms with E-state index in [2.05, 4.69) is 5.32 Å². The molecule has 3 atom stereocenters. The van der Waals surface area contributed by atoms with Crippen molar-refractivity contribution in [2.24, 2.45) is 11.8 Å². The van der Waals surface area contributed by atoms with Crippen LogP contribution in [-0.2, 0) is 23.9 Å². The average Bonchev–Trinajstić information content (AvgIpc) is 2.72. The third-order valence-electron chi connectivity index (χ3n) is 5.68. The number of hydrogen-bond acceptors (Lipinski definition) is 8. The molecule has 0 aromatic heterocycles. The maximum atomic E-state index is 13.5. The van der Waals surface area contributed by atoms with Crippen LogP contribution in [0.2, 0.25) is 0 Å². The van der Waals surface area contributed by atoms with Gasteiger partial charge in [0.2, 0.25) is 0 Å². The number of carbonyl (C=O) groups excluding carboxylic acids is 3. The molecule has 31 heavy (non-hydrogen) atoms. The lowest BCUT2D eigenvalue weighted by Crippen LogP contribution is -2.43. The number of nitrogens with zero attached hydrogens (tertiary/aromatic N) is 1. The molecular formula is C22H24N2O7. The highest BCUT2D eigenvalue weighted by molar-refractivity contribution is 6.12. The molecule has 0 saturated carbocycles. The number of rotatable bonds is 5. The van der Waals surface area contributed by atoms with E-state index in [1.807, 2.05) is 0 Å². The van der Waals surface area contributed by atoms with Crippen molar-refractivity contribution in [1.82, 2.24) is 5.32 Å². The van der Waals surface area contributed by atoms with Crippen molar-refractivity contribution in [1.29, 1.82) is 0 Å². The van der Waals surface area contributed by atoms with Crippen molar-refractivity contribution >= 4 is 23.4 Å². The molecule has 0 amide bonds. The number of nitrogens with one attached hydrogen (secondary N) is 1. The number of nitro groups is 1.